The van der Waals surface area contributed by atoms with Gasteiger partial charge in [0.05, 0.1) is 16.5 Å². The second-order valence-corrected chi connectivity index (χ2v) is 7.55. The van der Waals surface area contributed by atoms with E-state index in [2.05, 4.69) is 5.32 Å². The van der Waals surface area contributed by atoms with Gasteiger partial charge in [-0.3, -0.25) is 4.79 Å². The first-order chi connectivity index (χ1) is 15.3. The number of pyridine rings is 1. The molecule has 5 rings (SSSR count). The first-order valence-electron chi connectivity index (χ1n) is 9.74. The Morgan fingerprint density at radius 3 is 2.41 bits per heavy atom. The van der Waals surface area contributed by atoms with Gasteiger partial charge in [-0.2, -0.15) is 0 Å². The van der Waals surface area contributed by atoms with Crippen molar-refractivity contribution in [3.63, 3.8) is 0 Å². The highest BCUT2D eigenvalue weighted by Crippen LogP contribution is 2.34. The molecule has 2 N–H and O–H groups in total. The van der Waals surface area contributed by atoms with Crippen LogP contribution >= 0.6 is 0 Å². The summed E-state index contributed by atoms with van der Waals surface area (Å²) in [6.45, 7) is 1.24. The number of rotatable bonds is 3. The summed E-state index contributed by atoms with van der Waals surface area (Å²) in [5, 5.41) is 12.2. The molecule has 0 fully saturated rings. The molecule has 3 aromatic carbocycles. The maximum atomic E-state index is 15.9. The number of hydrogen-bond donors (Lipinski definition) is 2. The first-order valence-corrected chi connectivity index (χ1v) is 9.74. The highest BCUT2D eigenvalue weighted by atomic mass is 19.1. The van der Waals surface area contributed by atoms with E-state index in [0.29, 0.717) is 18.7 Å². The highest BCUT2D eigenvalue weighted by Gasteiger charge is 2.24. The molecule has 0 aliphatic carbocycles. The van der Waals surface area contributed by atoms with Gasteiger partial charge in [0, 0.05) is 25.0 Å². The van der Waals surface area contributed by atoms with E-state index < -0.39 is 39.8 Å². The van der Waals surface area contributed by atoms with Crippen LogP contribution in [0.15, 0.2) is 59.5 Å². The maximum absolute atomic E-state index is 15.9. The minimum Gasteiger partial charge on any atom is -0.477 e. The lowest BCUT2D eigenvalue weighted by atomic mass is 9.97. The quantitative estimate of drug-likeness (QED) is 0.500. The smallest absolute Gasteiger partial charge is 0.341 e. The van der Waals surface area contributed by atoms with Gasteiger partial charge in [-0.15, -0.1) is 0 Å². The van der Waals surface area contributed by atoms with Gasteiger partial charge in [0.15, 0.2) is 5.82 Å². The van der Waals surface area contributed by atoms with Crippen molar-refractivity contribution in [1.29, 1.82) is 0 Å². The third-order valence-electron chi connectivity index (χ3n) is 5.64. The number of halogens is 3. The van der Waals surface area contributed by atoms with Crippen molar-refractivity contribution >= 4 is 16.9 Å². The molecule has 32 heavy (non-hydrogen) atoms. The van der Waals surface area contributed by atoms with Gasteiger partial charge < -0.3 is 15.0 Å². The Hall–Kier alpha value is -3.91. The number of carboxylic acids is 1. The monoisotopic (exact) mass is 436 g/mol. The molecule has 0 atom stereocenters. The number of nitrogens with zero attached hydrogens (tertiary/aromatic N) is 1. The minimum absolute atomic E-state index is 0.216. The number of hydrogen-bond acceptors (Lipinski definition) is 3. The Labute approximate surface area is 179 Å². The lowest BCUT2D eigenvalue weighted by Gasteiger charge is -2.16. The zero-order chi connectivity index (χ0) is 22.6. The Morgan fingerprint density at radius 2 is 1.69 bits per heavy atom. The summed E-state index contributed by atoms with van der Waals surface area (Å²) in [6, 6.07) is 10.8. The van der Waals surface area contributed by atoms with Crippen molar-refractivity contribution in [3.05, 3.63) is 99.1 Å². The maximum Gasteiger partial charge on any atom is 0.341 e. The minimum atomic E-state index is -1.54. The zero-order valence-corrected chi connectivity index (χ0v) is 16.5. The standard InChI is InChI=1S/C24H15F3N2O3/c25-15-3-5-16(6-4-15)29-11-18(24(31)32)23(30)17-8-19(26)20(21(27)22(17)29)12-1-2-13-9-28-10-14(13)7-12/h1-8,11,28H,9-10H2,(H,31,32). The molecule has 1 aromatic heterocycles. The summed E-state index contributed by atoms with van der Waals surface area (Å²) >= 11 is 0. The SMILES string of the molecule is O=C(O)c1cn(-c2ccc(F)cc2)c2c(F)c(-c3ccc4c(c3)CNC4)c(F)cc2c1=O. The Balaban J connectivity index is 1.87. The number of carbonyl (C=O) groups is 1. The fourth-order valence-electron chi connectivity index (χ4n) is 4.09. The molecule has 0 amide bonds. The van der Waals surface area contributed by atoms with Crippen molar-refractivity contribution in [1.82, 2.24) is 9.88 Å². The molecule has 160 valence electrons. The molecule has 5 nitrogen and oxygen atoms in total. The average molecular weight is 436 g/mol. The first kappa shape index (κ1) is 20.0. The zero-order valence-electron chi connectivity index (χ0n) is 16.5. The van der Waals surface area contributed by atoms with Crippen molar-refractivity contribution < 1.29 is 23.1 Å². The summed E-state index contributed by atoms with van der Waals surface area (Å²) in [7, 11) is 0. The molecule has 2 heterocycles. The average Bonchev–Trinajstić information content (AvgIpc) is 3.23. The molecular weight excluding hydrogens is 421 g/mol. The van der Waals surface area contributed by atoms with Crippen LogP contribution in [0, 0.1) is 17.5 Å². The van der Waals surface area contributed by atoms with Crippen molar-refractivity contribution in [2.45, 2.75) is 13.1 Å². The van der Waals surface area contributed by atoms with Gasteiger partial charge in [0.2, 0.25) is 5.43 Å². The number of fused-ring (bicyclic) bond motifs is 2. The molecule has 0 unspecified atom stereocenters. The largest absolute Gasteiger partial charge is 0.477 e. The molecule has 0 radical (unpaired) electrons. The second-order valence-electron chi connectivity index (χ2n) is 7.55. The number of benzene rings is 3. The number of aromatic carboxylic acids is 1. The third kappa shape index (κ3) is 3.07. The number of nitrogens with one attached hydrogen (secondary N) is 1. The lowest BCUT2D eigenvalue weighted by molar-refractivity contribution is 0.0695. The summed E-state index contributed by atoms with van der Waals surface area (Å²) < 4.78 is 45.6. The van der Waals surface area contributed by atoms with Crippen molar-refractivity contribution in [2.24, 2.45) is 0 Å². The predicted molar refractivity (Wildman–Crippen MR) is 112 cm³/mol. The lowest BCUT2D eigenvalue weighted by Crippen LogP contribution is -2.19. The molecule has 1 aliphatic rings. The molecule has 0 bridgehead atoms. The van der Waals surface area contributed by atoms with Crippen molar-refractivity contribution in [3.8, 4) is 16.8 Å². The van der Waals surface area contributed by atoms with E-state index in [4.69, 9.17) is 0 Å². The van der Waals surface area contributed by atoms with Crippen LogP contribution in [0.1, 0.15) is 21.5 Å². The van der Waals surface area contributed by atoms with E-state index in [1.807, 2.05) is 0 Å². The summed E-state index contributed by atoms with van der Waals surface area (Å²) in [5.41, 5.74) is 0.180. The van der Waals surface area contributed by atoms with Gasteiger partial charge in [-0.1, -0.05) is 12.1 Å². The molecule has 1 aliphatic heterocycles. The van der Waals surface area contributed by atoms with E-state index >= 15 is 8.78 Å². The Morgan fingerprint density at radius 1 is 0.969 bits per heavy atom. The van der Waals surface area contributed by atoms with Crippen LogP contribution in [0.4, 0.5) is 13.2 Å². The molecule has 0 spiro atoms. The molecule has 0 saturated carbocycles. The molecule has 8 heteroatoms. The van der Waals surface area contributed by atoms with Crippen LogP contribution in [-0.4, -0.2) is 15.6 Å². The van der Waals surface area contributed by atoms with E-state index in [1.54, 1.807) is 18.2 Å². The van der Waals surface area contributed by atoms with Crippen LogP contribution in [0.3, 0.4) is 0 Å². The van der Waals surface area contributed by atoms with E-state index in [9.17, 15) is 19.1 Å². The summed E-state index contributed by atoms with van der Waals surface area (Å²) in [5.74, 6) is -4.07. The van der Waals surface area contributed by atoms with Crippen LogP contribution in [0.5, 0.6) is 0 Å². The van der Waals surface area contributed by atoms with Gasteiger partial charge >= 0.3 is 5.97 Å². The van der Waals surface area contributed by atoms with Crippen molar-refractivity contribution in [2.75, 3.05) is 0 Å². The van der Waals surface area contributed by atoms with E-state index in [1.165, 1.54) is 12.1 Å². The highest BCUT2D eigenvalue weighted by molar-refractivity contribution is 5.95. The van der Waals surface area contributed by atoms with Crippen LogP contribution in [0.25, 0.3) is 27.7 Å². The van der Waals surface area contributed by atoms with Gasteiger partial charge in [-0.25, -0.2) is 18.0 Å². The Kier molecular flexibility index (Phi) is 4.60. The van der Waals surface area contributed by atoms with Gasteiger partial charge in [0.25, 0.3) is 0 Å². The van der Waals surface area contributed by atoms with E-state index in [-0.39, 0.29) is 16.8 Å². The third-order valence-corrected chi connectivity index (χ3v) is 5.64. The molecule has 0 saturated heterocycles. The number of carboxylic acid groups (broad SMARTS) is 1. The fraction of sp³-hybridized carbons (Fsp3) is 0.0833. The van der Waals surface area contributed by atoms with Gasteiger partial charge in [0.1, 0.15) is 17.2 Å². The predicted octanol–water partition coefficient (Wildman–Crippen LogP) is 4.38. The summed E-state index contributed by atoms with van der Waals surface area (Å²) in [4.78, 5) is 24.3. The second kappa shape index (κ2) is 7.35. The normalized spacial score (nSPS) is 12.8. The van der Waals surface area contributed by atoms with E-state index in [0.717, 1.165) is 40.1 Å². The van der Waals surface area contributed by atoms with Crippen LogP contribution in [0.2, 0.25) is 0 Å². The summed E-state index contributed by atoms with van der Waals surface area (Å²) in [6.07, 6.45) is 0.970. The van der Waals surface area contributed by atoms with Gasteiger partial charge in [-0.05, 0) is 53.1 Å². The fourth-order valence-corrected chi connectivity index (χ4v) is 4.09. The molecular formula is C24H15F3N2O3. The molecule has 4 aromatic rings. The van der Waals surface area contributed by atoms with Crippen LogP contribution in [-0.2, 0) is 13.1 Å². The van der Waals surface area contributed by atoms with Crippen LogP contribution < -0.4 is 10.7 Å². The number of aromatic nitrogens is 1. The topological polar surface area (TPSA) is 71.3 Å². The Bertz CT molecular complexity index is 1480.